The number of H-pyrrole nitrogens is 2. The van der Waals surface area contributed by atoms with Crippen LogP contribution in [0.5, 0.6) is 11.5 Å². The van der Waals surface area contributed by atoms with Gasteiger partial charge in [-0.25, -0.2) is 4.39 Å². The predicted molar refractivity (Wildman–Crippen MR) is 148 cm³/mol. The van der Waals surface area contributed by atoms with Crippen molar-refractivity contribution in [1.29, 1.82) is 0 Å². The molecule has 39 heavy (non-hydrogen) atoms. The predicted octanol–water partition coefficient (Wildman–Crippen LogP) is 5.81. The third-order valence-corrected chi connectivity index (χ3v) is 7.16. The lowest BCUT2D eigenvalue weighted by molar-refractivity contribution is 0.162. The molecule has 0 bridgehead atoms. The molecule has 0 unspecified atom stereocenters. The molecule has 0 saturated carbocycles. The molecular weight excluding hydrogens is 495 g/mol. The second-order valence-corrected chi connectivity index (χ2v) is 9.81. The van der Waals surface area contributed by atoms with E-state index < -0.39 is 5.82 Å². The molecule has 1 fully saturated rings. The SMILES string of the molecule is Oc1cc(F)cc(-c2nccc3[nH]c(-c4n[nH]c5ccc(-c6cncc(OC7CCNCC7)c6)cc45)cc23)c1. The maximum atomic E-state index is 14.0. The second kappa shape index (κ2) is 9.52. The zero-order valence-electron chi connectivity index (χ0n) is 20.9. The molecule has 7 rings (SSSR count). The van der Waals surface area contributed by atoms with Crippen LogP contribution in [-0.4, -0.2) is 49.4 Å². The lowest BCUT2D eigenvalue weighted by Crippen LogP contribution is -2.34. The number of nitrogens with zero attached hydrogens (tertiary/aromatic N) is 3. The number of benzene rings is 2. The summed E-state index contributed by atoms with van der Waals surface area (Å²) >= 11 is 0. The first-order chi connectivity index (χ1) is 19.1. The topological polar surface area (TPSA) is 112 Å². The zero-order valence-corrected chi connectivity index (χ0v) is 20.9. The number of hydrogen-bond acceptors (Lipinski definition) is 6. The number of aromatic amines is 2. The third kappa shape index (κ3) is 4.46. The van der Waals surface area contributed by atoms with E-state index in [1.807, 2.05) is 36.5 Å². The molecule has 4 aromatic heterocycles. The van der Waals surface area contributed by atoms with E-state index in [2.05, 4.69) is 36.5 Å². The van der Waals surface area contributed by atoms with E-state index in [-0.39, 0.29) is 11.9 Å². The van der Waals surface area contributed by atoms with E-state index in [9.17, 15) is 9.50 Å². The Morgan fingerprint density at radius 1 is 0.846 bits per heavy atom. The number of halogens is 1. The van der Waals surface area contributed by atoms with Gasteiger partial charge in [-0.3, -0.25) is 15.1 Å². The van der Waals surface area contributed by atoms with Gasteiger partial charge in [-0.2, -0.15) is 5.10 Å². The summed E-state index contributed by atoms with van der Waals surface area (Å²) < 4.78 is 20.2. The fraction of sp³-hybridized carbons (Fsp3) is 0.167. The van der Waals surface area contributed by atoms with Gasteiger partial charge in [0.1, 0.15) is 29.1 Å². The molecule has 1 aliphatic rings. The van der Waals surface area contributed by atoms with E-state index in [4.69, 9.17) is 4.74 Å². The van der Waals surface area contributed by atoms with Crippen LogP contribution in [0.15, 0.2) is 73.2 Å². The molecule has 0 atom stereocenters. The van der Waals surface area contributed by atoms with E-state index in [1.165, 1.54) is 12.1 Å². The van der Waals surface area contributed by atoms with Crippen LogP contribution >= 0.6 is 0 Å². The van der Waals surface area contributed by atoms with Gasteiger partial charge in [-0.1, -0.05) is 6.07 Å². The number of rotatable bonds is 5. The number of piperidine rings is 1. The molecule has 0 spiro atoms. The Morgan fingerprint density at radius 2 is 1.72 bits per heavy atom. The first kappa shape index (κ1) is 23.4. The molecule has 0 amide bonds. The van der Waals surface area contributed by atoms with Gasteiger partial charge in [0.2, 0.25) is 0 Å². The zero-order chi connectivity index (χ0) is 26.3. The highest BCUT2D eigenvalue weighted by Gasteiger charge is 2.17. The Morgan fingerprint density at radius 3 is 2.59 bits per heavy atom. The molecule has 9 heteroatoms. The molecular formula is C30H25FN6O2. The maximum absolute atomic E-state index is 14.0. The number of phenols is 1. The standard InChI is InChI=1S/C30H25FN6O2/c31-20-9-18(10-21(38)13-20)29-25-14-28(35-26(25)5-8-34-29)30-24-12-17(1-2-27(24)36-37-30)19-11-23(16-33-15-19)39-22-3-6-32-7-4-22/h1-2,5,8-16,22,32,35,38H,3-4,6-7H2,(H,36,37). The number of ether oxygens (including phenoxy) is 1. The Hall–Kier alpha value is -4.76. The number of fused-ring (bicyclic) bond motifs is 2. The average molecular weight is 521 g/mol. The summed E-state index contributed by atoms with van der Waals surface area (Å²) in [4.78, 5) is 12.3. The summed E-state index contributed by atoms with van der Waals surface area (Å²) in [6.45, 7) is 1.93. The highest BCUT2D eigenvalue weighted by Crippen LogP contribution is 2.35. The highest BCUT2D eigenvalue weighted by molar-refractivity contribution is 6.00. The van der Waals surface area contributed by atoms with Gasteiger partial charge in [-0.15, -0.1) is 0 Å². The normalized spacial score (nSPS) is 14.3. The van der Waals surface area contributed by atoms with Crippen molar-refractivity contribution < 1.29 is 14.2 Å². The molecule has 2 aromatic carbocycles. The van der Waals surface area contributed by atoms with E-state index in [0.29, 0.717) is 11.3 Å². The third-order valence-electron chi connectivity index (χ3n) is 7.16. The molecule has 1 saturated heterocycles. The number of aromatic hydroxyl groups is 1. The summed E-state index contributed by atoms with van der Waals surface area (Å²) in [5.74, 6) is 0.0983. The van der Waals surface area contributed by atoms with E-state index >= 15 is 0 Å². The van der Waals surface area contributed by atoms with Crippen LogP contribution in [0.1, 0.15) is 12.8 Å². The number of aromatic nitrogens is 5. The largest absolute Gasteiger partial charge is 0.508 e. The second-order valence-electron chi connectivity index (χ2n) is 9.81. The van der Waals surface area contributed by atoms with Crippen molar-refractivity contribution in [1.82, 2.24) is 30.5 Å². The van der Waals surface area contributed by atoms with Crippen LogP contribution in [0.2, 0.25) is 0 Å². The number of phenolic OH excluding ortho intramolecular Hbond substituents is 1. The Bertz CT molecular complexity index is 1800. The minimum absolute atomic E-state index is 0.148. The van der Waals surface area contributed by atoms with Crippen LogP contribution in [0.25, 0.3) is 55.6 Å². The van der Waals surface area contributed by atoms with Crippen LogP contribution < -0.4 is 10.1 Å². The highest BCUT2D eigenvalue weighted by atomic mass is 19.1. The lowest BCUT2D eigenvalue weighted by atomic mass is 10.0. The molecule has 0 radical (unpaired) electrons. The maximum Gasteiger partial charge on any atom is 0.138 e. The summed E-state index contributed by atoms with van der Waals surface area (Å²) in [5, 5.41) is 22.7. The fourth-order valence-electron chi connectivity index (χ4n) is 5.27. The van der Waals surface area contributed by atoms with Gasteiger partial charge in [-0.05, 0) is 74.0 Å². The smallest absolute Gasteiger partial charge is 0.138 e. The van der Waals surface area contributed by atoms with Crippen molar-refractivity contribution in [3.05, 3.63) is 79.0 Å². The van der Waals surface area contributed by atoms with Gasteiger partial charge in [0.05, 0.1) is 23.1 Å². The minimum Gasteiger partial charge on any atom is -0.508 e. The number of nitrogens with one attached hydrogen (secondary N) is 3. The van der Waals surface area contributed by atoms with Gasteiger partial charge < -0.3 is 20.1 Å². The van der Waals surface area contributed by atoms with Crippen LogP contribution in [0, 0.1) is 5.82 Å². The van der Waals surface area contributed by atoms with Crippen molar-refractivity contribution in [3.63, 3.8) is 0 Å². The first-order valence-corrected chi connectivity index (χ1v) is 12.9. The van der Waals surface area contributed by atoms with Crippen molar-refractivity contribution in [2.45, 2.75) is 18.9 Å². The number of pyridine rings is 2. The molecule has 1 aliphatic heterocycles. The molecule has 8 nitrogen and oxygen atoms in total. The Kier molecular flexibility index (Phi) is 5.70. The van der Waals surface area contributed by atoms with Gasteiger partial charge >= 0.3 is 0 Å². The molecule has 6 aromatic rings. The number of hydrogen-bond donors (Lipinski definition) is 4. The van der Waals surface area contributed by atoms with Crippen LogP contribution in [-0.2, 0) is 0 Å². The molecule has 194 valence electrons. The van der Waals surface area contributed by atoms with Crippen molar-refractivity contribution >= 4 is 21.8 Å². The summed E-state index contributed by atoms with van der Waals surface area (Å²) in [7, 11) is 0. The average Bonchev–Trinajstić information content (AvgIpc) is 3.57. The van der Waals surface area contributed by atoms with Crippen LogP contribution in [0.4, 0.5) is 4.39 Å². The van der Waals surface area contributed by atoms with Crippen LogP contribution in [0.3, 0.4) is 0 Å². The minimum atomic E-state index is -0.523. The van der Waals surface area contributed by atoms with Gasteiger partial charge in [0.25, 0.3) is 0 Å². The molecule has 0 aliphatic carbocycles. The van der Waals surface area contributed by atoms with Crippen molar-refractivity contribution in [3.8, 4) is 45.3 Å². The van der Waals surface area contributed by atoms with Crippen molar-refractivity contribution in [2.24, 2.45) is 0 Å². The molecule has 5 heterocycles. The summed E-state index contributed by atoms with van der Waals surface area (Å²) in [6, 6.07) is 15.9. The van der Waals surface area contributed by atoms with Gasteiger partial charge in [0, 0.05) is 45.9 Å². The van der Waals surface area contributed by atoms with E-state index in [0.717, 1.165) is 82.1 Å². The molecule has 4 N–H and O–H groups in total. The fourth-order valence-corrected chi connectivity index (χ4v) is 5.27. The lowest BCUT2D eigenvalue weighted by Gasteiger charge is -2.23. The first-order valence-electron chi connectivity index (χ1n) is 12.9. The Balaban J connectivity index is 1.26. The van der Waals surface area contributed by atoms with E-state index in [1.54, 1.807) is 12.4 Å². The summed E-state index contributed by atoms with van der Waals surface area (Å²) in [5.41, 5.74) is 6.31. The Labute approximate surface area is 222 Å². The summed E-state index contributed by atoms with van der Waals surface area (Å²) in [6.07, 6.45) is 7.43. The van der Waals surface area contributed by atoms with Gasteiger partial charge in [0.15, 0.2) is 0 Å². The van der Waals surface area contributed by atoms with Crippen molar-refractivity contribution in [2.75, 3.05) is 13.1 Å². The monoisotopic (exact) mass is 520 g/mol. The quantitative estimate of drug-likeness (QED) is 0.228.